The van der Waals surface area contributed by atoms with E-state index in [-0.39, 0.29) is 29.5 Å². The van der Waals surface area contributed by atoms with Crippen molar-refractivity contribution in [1.82, 2.24) is 5.32 Å². The van der Waals surface area contributed by atoms with Crippen LogP contribution in [0, 0.1) is 11.7 Å². The van der Waals surface area contributed by atoms with Gasteiger partial charge in [0.25, 0.3) is 0 Å². The monoisotopic (exact) mass is 281 g/mol. The Bertz CT molecular complexity index is 446. The Hall–Kier alpha value is -1.62. The van der Waals surface area contributed by atoms with Gasteiger partial charge in [-0.1, -0.05) is 19.1 Å². The van der Waals surface area contributed by atoms with Gasteiger partial charge in [-0.2, -0.15) is 0 Å². The molecule has 110 valence electrons. The van der Waals surface area contributed by atoms with E-state index >= 15 is 0 Å². The SMILES string of the molecule is CCC(CNC(=O)C1CCOC1)Oc1ccccc1F. The highest BCUT2D eigenvalue weighted by Gasteiger charge is 2.24. The molecule has 2 rings (SSSR count). The van der Waals surface area contributed by atoms with Crippen LogP contribution in [0.3, 0.4) is 0 Å². The van der Waals surface area contributed by atoms with Crippen LogP contribution in [-0.2, 0) is 9.53 Å². The van der Waals surface area contributed by atoms with E-state index in [0.717, 1.165) is 6.42 Å². The molecule has 0 bridgehead atoms. The van der Waals surface area contributed by atoms with E-state index in [1.165, 1.54) is 6.07 Å². The number of amides is 1. The standard InChI is InChI=1S/C15H20FNO3/c1-2-12(20-14-6-4-3-5-13(14)16)9-17-15(18)11-7-8-19-10-11/h3-6,11-12H,2,7-10H2,1H3,(H,17,18). The van der Waals surface area contributed by atoms with Crippen molar-refractivity contribution in [3.63, 3.8) is 0 Å². The molecule has 4 nitrogen and oxygen atoms in total. The maximum Gasteiger partial charge on any atom is 0.225 e. The number of hydrogen-bond acceptors (Lipinski definition) is 3. The van der Waals surface area contributed by atoms with Gasteiger partial charge < -0.3 is 14.8 Å². The van der Waals surface area contributed by atoms with E-state index in [9.17, 15) is 9.18 Å². The number of hydrogen-bond donors (Lipinski definition) is 1. The van der Waals surface area contributed by atoms with Crippen LogP contribution in [0.15, 0.2) is 24.3 Å². The molecule has 1 aliphatic heterocycles. The summed E-state index contributed by atoms with van der Waals surface area (Å²) in [7, 11) is 0. The molecule has 0 radical (unpaired) electrons. The van der Waals surface area contributed by atoms with Gasteiger partial charge in [0.2, 0.25) is 5.91 Å². The Morgan fingerprint density at radius 1 is 1.55 bits per heavy atom. The van der Waals surface area contributed by atoms with E-state index in [0.29, 0.717) is 26.2 Å². The van der Waals surface area contributed by atoms with Crippen molar-refractivity contribution in [2.45, 2.75) is 25.9 Å². The number of nitrogens with one attached hydrogen (secondary N) is 1. The first kappa shape index (κ1) is 14.8. The summed E-state index contributed by atoms with van der Waals surface area (Å²) in [5.74, 6) is -0.252. The maximum absolute atomic E-state index is 13.5. The van der Waals surface area contributed by atoms with Crippen molar-refractivity contribution in [2.24, 2.45) is 5.92 Å². The zero-order valence-electron chi connectivity index (χ0n) is 11.6. The van der Waals surface area contributed by atoms with Gasteiger partial charge in [0.1, 0.15) is 6.10 Å². The van der Waals surface area contributed by atoms with Gasteiger partial charge in [0.15, 0.2) is 11.6 Å². The molecule has 0 spiro atoms. The number of ether oxygens (including phenoxy) is 2. The fourth-order valence-corrected chi connectivity index (χ4v) is 2.09. The summed E-state index contributed by atoms with van der Waals surface area (Å²) in [6.07, 6.45) is 1.21. The molecule has 0 aliphatic carbocycles. The van der Waals surface area contributed by atoms with E-state index in [1.54, 1.807) is 18.2 Å². The van der Waals surface area contributed by atoms with E-state index in [2.05, 4.69) is 5.32 Å². The Balaban J connectivity index is 1.83. The zero-order chi connectivity index (χ0) is 14.4. The highest BCUT2D eigenvalue weighted by molar-refractivity contribution is 5.79. The minimum absolute atomic E-state index is 0.0157. The molecule has 2 atom stereocenters. The highest BCUT2D eigenvalue weighted by atomic mass is 19.1. The second-order valence-corrected chi connectivity index (χ2v) is 4.88. The summed E-state index contributed by atoms with van der Waals surface area (Å²) in [5, 5.41) is 2.85. The van der Waals surface area contributed by atoms with Gasteiger partial charge in [-0.15, -0.1) is 0 Å². The van der Waals surface area contributed by atoms with Crippen LogP contribution in [0.1, 0.15) is 19.8 Å². The number of para-hydroxylation sites is 1. The maximum atomic E-state index is 13.5. The lowest BCUT2D eigenvalue weighted by Gasteiger charge is -2.19. The largest absolute Gasteiger partial charge is 0.486 e. The molecule has 1 N–H and O–H groups in total. The number of halogens is 1. The first-order chi connectivity index (χ1) is 9.70. The lowest BCUT2D eigenvalue weighted by molar-refractivity contribution is -0.125. The third kappa shape index (κ3) is 3.93. The number of benzene rings is 1. The van der Waals surface area contributed by atoms with Gasteiger partial charge >= 0.3 is 0 Å². The number of rotatable bonds is 6. The smallest absolute Gasteiger partial charge is 0.225 e. The predicted molar refractivity (Wildman–Crippen MR) is 73.0 cm³/mol. The van der Waals surface area contributed by atoms with Crippen molar-refractivity contribution < 1.29 is 18.7 Å². The molecule has 1 heterocycles. The summed E-state index contributed by atoms with van der Waals surface area (Å²) < 4.78 is 24.3. The van der Waals surface area contributed by atoms with Crippen molar-refractivity contribution in [3.8, 4) is 5.75 Å². The highest BCUT2D eigenvalue weighted by Crippen LogP contribution is 2.18. The molecule has 5 heteroatoms. The van der Waals surface area contributed by atoms with Gasteiger partial charge in [-0.3, -0.25) is 4.79 Å². The van der Waals surface area contributed by atoms with Crippen LogP contribution in [-0.4, -0.2) is 31.8 Å². The van der Waals surface area contributed by atoms with Crippen LogP contribution in [0.4, 0.5) is 4.39 Å². The van der Waals surface area contributed by atoms with Crippen molar-refractivity contribution in [2.75, 3.05) is 19.8 Å². The Labute approximate surface area is 118 Å². The van der Waals surface area contributed by atoms with Crippen molar-refractivity contribution in [1.29, 1.82) is 0 Å². The number of carbonyl (C=O) groups is 1. The van der Waals surface area contributed by atoms with Crippen molar-refractivity contribution >= 4 is 5.91 Å². The third-order valence-corrected chi connectivity index (χ3v) is 3.39. The molecule has 20 heavy (non-hydrogen) atoms. The normalized spacial score (nSPS) is 19.6. The first-order valence-electron chi connectivity index (χ1n) is 6.97. The summed E-state index contributed by atoms with van der Waals surface area (Å²) in [5.41, 5.74) is 0. The van der Waals surface area contributed by atoms with E-state index < -0.39 is 0 Å². The molecule has 1 aliphatic rings. The molecule has 1 amide bonds. The fraction of sp³-hybridized carbons (Fsp3) is 0.533. The van der Waals surface area contributed by atoms with Crippen LogP contribution >= 0.6 is 0 Å². The quantitative estimate of drug-likeness (QED) is 0.869. The van der Waals surface area contributed by atoms with Crippen LogP contribution in [0.5, 0.6) is 5.75 Å². The van der Waals surface area contributed by atoms with Gasteiger partial charge in [-0.25, -0.2) is 4.39 Å². The fourth-order valence-electron chi connectivity index (χ4n) is 2.09. The zero-order valence-corrected chi connectivity index (χ0v) is 11.6. The lowest BCUT2D eigenvalue weighted by Crippen LogP contribution is -2.38. The summed E-state index contributed by atoms with van der Waals surface area (Å²) in [6.45, 7) is 3.44. The summed E-state index contributed by atoms with van der Waals surface area (Å²) in [4.78, 5) is 11.9. The average molecular weight is 281 g/mol. The Kier molecular flexibility index (Phi) is 5.35. The molecule has 1 aromatic rings. The van der Waals surface area contributed by atoms with Crippen LogP contribution in [0.25, 0.3) is 0 Å². The van der Waals surface area contributed by atoms with E-state index in [1.807, 2.05) is 6.92 Å². The molecule has 2 unspecified atom stereocenters. The van der Waals surface area contributed by atoms with Gasteiger partial charge in [-0.05, 0) is 25.0 Å². The van der Waals surface area contributed by atoms with Gasteiger partial charge in [0.05, 0.1) is 19.1 Å². The third-order valence-electron chi connectivity index (χ3n) is 3.39. The molecule has 0 aromatic heterocycles. The Morgan fingerprint density at radius 2 is 2.35 bits per heavy atom. The average Bonchev–Trinajstić information content (AvgIpc) is 2.99. The molecule has 1 saturated heterocycles. The molecular formula is C15H20FNO3. The molecule has 1 fully saturated rings. The molecular weight excluding hydrogens is 261 g/mol. The number of carbonyl (C=O) groups excluding carboxylic acids is 1. The van der Waals surface area contributed by atoms with Crippen LogP contribution in [0.2, 0.25) is 0 Å². The second-order valence-electron chi connectivity index (χ2n) is 4.88. The van der Waals surface area contributed by atoms with E-state index in [4.69, 9.17) is 9.47 Å². The second kappa shape index (κ2) is 7.24. The first-order valence-corrected chi connectivity index (χ1v) is 6.97. The summed E-state index contributed by atoms with van der Waals surface area (Å²) in [6, 6.07) is 6.28. The van der Waals surface area contributed by atoms with Crippen LogP contribution < -0.4 is 10.1 Å². The predicted octanol–water partition coefficient (Wildman–Crippen LogP) is 2.14. The minimum atomic E-state index is -0.388. The molecule has 1 aromatic carbocycles. The topological polar surface area (TPSA) is 47.6 Å². The van der Waals surface area contributed by atoms with Gasteiger partial charge in [0, 0.05) is 6.61 Å². The summed E-state index contributed by atoms with van der Waals surface area (Å²) >= 11 is 0. The Morgan fingerprint density at radius 3 is 3.00 bits per heavy atom. The lowest BCUT2D eigenvalue weighted by atomic mass is 10.1. The minimum Gasteiger partial charge on any atom is -0.486 e. The van der Waals surface area contributed by atoms with Crippen molar-refractivity contribution in [3.05, 3.63) is 30.1 Å². The molecule has 0 saturated carbocycles.